The summed E-state index contributed by atoms with van der Waals surface area (Å²) < 4.78 is 8.01. The average Bonchev–Trinajstić information content (AvgIpc) is 2.85. The topological polar surface area (TPSA) is 85.4 Å². The Morgan fingerprint density at radius 1 is 1.35 bits per heavy atom. The number of fused-ring (bicyclic) bond motifs is 4. The van der Waals surface area contributed by atoms with Crippen LogP contribution in [-0.4, -0.2) is 34.9 Å². The van der Waals surface area contributed by atoms with E-state index in [-0.39, 0.29) is 17.2 Å². The second-order valence-corrected chi connectivity index (χ2v) is 8.05. The molecule has 3 N–H and O–H groups in total. The summed E-state index contributed by atoms with van der Waals surface area (Å²) in [5.74, 6) is 0.723. The van der Waals surface area contributed by atoms with Crippen molar-refractivity contribution < 1.29 is 4.74 Å². The molecule has 0 aromatic carbocycles. The molecule has 2 aliphatic heterocycles. The SMILES string of the molecule is CNC1(C)N=c2sc3c(N)ncnc3c2=C2CC(C)(C)OCC21. The fourth-order valence-corrected chi connectivity index (χ4v) is 4.78. The molecule has 2 aromatic heterocycles. The highest BCUT2D eigenvalue weighted by atomic mass is 32.1. The van der Waals surface area contributed by atoms with E-state index in [2.05, 4.69) is 36.1 Å². The van der Waals surface area contributed by atoms with E-state index >= 15 is 0 Å². The van der Waals surface area contributed by atoms with Crippen LogP contribution in [0.25, 0.3) is 15.8 Å². The van der Waals surface area contributed by atoms with Gasteiger partial charge in [-0.1, -0.05) is 0 Å². The van der Waals surface area contributed by atoms with Crippen LogP contribution in [0.4, 0.5) is 5.82 Å². The molecule has 2 aliphatic rings. The van der Waals surface area contributed by atoms with Gasteiger partial charge in [-0.2, -0.15) is 0 Å². The molecule has 4 rings (SSSR count). The standard InChI is InChI=1S/C16H21N5OS/c1-15(2)5-8-9(6-22-15)16(3,18-4)21-14-10(8)11-12(23-14)13(17)20-7-19-11/h7,9,18H,5-6H2,1-4H3,(H2,17,19,20). The van der Waals surface area contributed by atoms with Crippen molar-refractivity contribution in [3.63, 3.8) is 0 Å². The summed E-state index contributed by atoms with van der Waals surface area (Å²) in [6, 6.07) is 0. The van der Waals surface area contributed by atoms with Crippen LogP contribution in [0.15, 0.2) is 11.3 Å². The van der Waals surface area contributed by atoms with Crippen LogP contribution in [0, 0.1) is 5.92 Å². The fourth-order valence-electron chi connectivity index (χ4n) is 3.61. The van der Waals surface area contributed by atoms with Crippen LogP contribution in [-0.2, 0) is 4.74 Å². The highest BCUT2D eigenvalue weighted by Gasteiger charge is 2.44. The molecule has 1 fully saturated rings. The Morgan fingerprint density at radius 3 is 2.87 bits per heavy atom. The van der Waals surface area contributed by atoms with E-state index in [0.717, 1.165) is 26.5 Å². The van der Waals surface area contributed by atoms with Crippen LogP contribution in [0.5, 0.6) is 0 Å². The van der Waals surface area contributed by atoms with Crippen LogP contribution >= 0.6 is 11.3 Å². The van der Waals surface area contributed by atoms with Crippen molar-refractivity contribution in [2.45, 2.75) is 38.5 Å². The van der Waals surface area contributed by atoms with Gasteiger partial charge in [0.25, 0.3) is 0 Å². The van der Waals surface area contributed by atoms with Crippen LogP contribution < -0.4 is 20.9 Å². The summed E-state index contributed by atoms with van der Waals surface area (Å²) in [5, 5.41) is 4.53. The highest BCUT2D eigenvalue weighted by molar-refractivity contribution is 7.17. The molecular weight excluding hydrogens is 310 g/mol. The Balaban J connectivity index is 2.14. The van der Waals surface area contributed by atoms with Crippen molar-refractivity contribution in [1.82, 2.24) is 15.3 Å². The van der Waals surface area contributed by atoms with Crippen molar-refractivity contribution >= 4 is 32.9 Å². The quantitative estimate of drug-likeness (QED) is 0.808. The summed E-state index contributed by atoms with van der Waals surface area (Å²) in [7, 11) is 1.95. The first-order valence-electron chi connectivity index (χ1n) is 7.79. The van der Waals surface area contributed by atoms with Crippen molar-refractivity contribution in [2.75, 3.05) is 19.4 Å². The summed E-state index contributed by atoms with van der Waals surface area (Å²) in [6.45, 7) is 7.05. The summed E-state index contributed by atoms with van der Waals surface area (Å²) in [5.41, 5.74) is 7.80. The van der Waals surface area contributed by atoms with Crippen molar-refractivity contribution in [3.8, 4) is 0 Å². The molecule has 0 radical (unpaired) electrons. The van der Waals surface area contributed by atoms with Gasteiger partial charge in [0, 0.05) is 11.1 Å². The molecule has 122 valence electrons. The minimum Gasteiger partial charge on any atom is -0.382 e. The number of hydrogen-bond acceptors (Lipinski definition) is 7. The van der Waals surface area contributed by atoms with Gasteiger partial charge in [0.05, 0.1) is 22.4 Å². The predicted octanol–water partition coefficient (Wildman–Crippen LogP) is 0.808. The van der Waals surface area contributed by atoms with Gasteiger partial charge in [0.2, 0.25) is 0 Å². The second kappa shape index (κ2) is 4.72. The Kier molecular flexibility index (Phi) is 3.07. The number of nitrogen functional groups attached to an aromatic ring is 1. The molecular formula is C16H21N5OS. The Labute approximate surface area is 138 Å². The zero-order chi connectivity index (χ0) is 16.4. The maximum atomic E-state index is 6.08. The van der Waals surface area contributed by atoms with Gasteiger partial charge < -0.3 is 10.5 Å². The molecule has 2 aromatic rings. The van der Waals surface area contributed by atoms with Crippen molar-refractivity contribution in [3.05, 3.63) is 16.2 Å². The van der Waals surface area contributed by atoms with E-state index in [4.69, 9.17) is 15.5 Å². The van der Waals surface area contributed by atoms with Gasteiger partial charge in [-0.25, -0.2) is 9.97 Å². The molecule has 7 heteroatoms. The number of rotatable bonds is 1. The minimum atomic E-state index is -0.373. The molecule has 0 aliphatic carbocycles. The average molecular weight is 331 g/mol. The lowest BCUT2D eigenvalue weighted by Gasteiger charge is -2.44. The zero-order valence-corrected chi connectivity index (χ0v) is 14.6. The Bertz CT molecular complexity index is 918. The van der Waals surface area contributed by atoms with E-state index in [1.807, 2.05) is 7.05 Å². The van der Waals surface area contributed by atoms with E-state index in [0.29, 0.717) is 12.4 Å². The largest absolute Gasteiger partial charge is 0.382 e. The number of anilines is 1. The van der Waals surface area contributed by atoms with Crippen molar-refractivity contribution in [2.24, 2.45) is 10.9 Å². The Hall–Kier alpha value is -1.57. The molecule has 0 bridgehead atoms. The number of nitrogens with zero attached hydrogens (tertiary/aromatic N) is 3. The van der Waals surface area contributed by atoms with Gasteiger partial charge in [-0.3, -0.25) is 10.3 Å². The normalized spacial score (nSPS) is 29.0. The van der Waals surface area contributed by atoms with Crippen LogP contribution in [0.2, 0.25) is 0 Å². The first kappa shape index (κ1) is 15.0. The van der Waals surface area contributed by atoms with Crippen LogP contribution in [0.1, 0.15) is 27.2 Å². The number of thiophene rings is 1. The van der Waals surface area contributed by atoms with Gasteiger partial charge >= 0.3 is 0 Å². The molecule has 1 saturated heterocycles. The predicted molar refractivity (Wildman–Crippen MR) is 91.6 cm³/mol. The van der Waals surface area contributed by atoms with Crippen molar-refractivity contribution in [1.29, 1.82) is 0 Å². The van der Waals surface area contributed by atoms with Gasteiger partial charge in [0.1, 0.15) is 22.5 Å². The smallest absolute Gasteiger partial charge is 0.144 e. The maximum absolute atomic E-state index is 6.08. The third-order valence-electron chi connectivity index (χ3n) is 5.00. The number of aromatic nitrogens is 2. The molecule has 2 unspecified atom stereocenters. The lowest BCUT2D eigenvalue weighted by atomic mass is 9.77. The van der Waals surface area contributed by atoms with Gasteiger partial charge in [0.15, 0.2) is 0 Å². The molecule has 0 amide bonds. The maximum Gasteiger partial charge on any atom is 0.144 e. The monoisotopic (exact) mass is 331 g/mol. The first-order chi connectivity index (χ1) is 10.8. The minimum absolute atomic E-state index is 0.179. The zero-order valence-electron chi connectivity index (χ0n) is 13.8. The number of ether oxygens (including phenoxy) is 1. The first-order valence-corrected chi connectivity index (χ1v) is 8.61. The summed E-state index contributed by atoms with van der Waals surface area (Å²) in [6.07, 6.45) is 2.41. The number of nitrogens with one attached hydrogen (secondary N) is 1. The fraction of sp³-hybridized carbons (Fsp3) is 0.562. The van der Waals surface area contributed by atoms with Gasteiger partial charge in [-0.05, 0) is 39.8 Å². The van der Waals surface area contributed by atoms with Crippen LogP contribution in [0.3, 0.4) is 0 Å². The van der Waals surface area contributed by atoms with Gasteiger partial charge in [-0.15, -0.1) is 11.3 Å². The van der Waals surface area contributed by atoms with E-state index in [1.165, 1.54) is 11.9 Å². The van der Waals surface area contributed by atoms with E-state index < -0.39 is 0 Å². The van der Waals surface area contributed by atoms with E-state index in [9.17, 15) is 0 Å². The molecule has 0 spiro atoms. The summed E-state index contributed by atoms with van der Waals surface area (Å²) >= 11 is 1.58. The Morgan fingerprint density at radius 2 is 2.13 bits per heavy atom. The lowest BCUT2D eigenvalue weighted by molar-refractivity contribution is -0.0567. The number of hydrogen-bond donors (Lipinski definition) is 2. The molecule has 4 heterocycles. The third-order valence-corrected chi connectivity index (χ3v) is 6.09. The third kappa shape index (κ3) is 2.10. The lowest BCUT2D eigenvalue weighted by Crippen LogP contribution is -2.57. The highest BCUT2D eigenvalue weighted by Crippen LogP contribution is 2.40. The molecule has 0 saturated carbocycles. The molecule has 23 heavy (non-hydrogen) atoms. The molecule has 6 nitrogen and oxygen atoms in total. The number of nitrogens with two attached hydrogens (primary N) is 1. The summed E-state index contributed by atoms with van der Waals surface area (Å²) in [4.78, 5) is 13.6. The van der Waals surface area contributed by atoms with E-state index in [1.54, 1.807) is 11.3 Å². The molecule has 2 atom stereocenters. The second-order valence-electron chi connectivity index (χ2n) is 7.05.